The molecule has 1 fully saturated rings. The number of anilines is 1. The fourth-order valence-corrected chi connectivity index (χ4v) is 7.45. The van der Waals surface area contributed by atoms with Crippen LogP contribution in [0.2, 0.25) is 0 Å². The van der Waals surface area contributed by atoms with Crippen LogP contribution in [0.5, 0.6) is 5.75 Å². The van der Waals surface area contributed by atoms with E-state index in [1.165, 1.54) is 52.7 Å². The van der Waals surface area contributed by atoms with Crippen LogP contribution >= 0.6 is 0 Å². The molecule has 1 aliphatic rings. The van der Waals surface area contributed by atoms with Crippen molar-refractivity contribution in [1.82, 2.24) is 25.9 Å². The summed E-state index contributed by atoms with van der Waals surface area (Å²) in [5, 5.41) is 23.1. The number of allylic oxidation sites excluding steroid dienone is 1. The fourth-order valence-electron chi connectivity index (χ4n) is 7.45. The van der Waals surface area contributed by atoms with E-state index in [2.05, 4.69) is 21.3 Å². The molecule has 31 heteroatoms. The molecule has 0 aliphatic heterocycles. The van der Waals surface area contributed by atoms with Crippen LogP contribution in [-0.2, 0) is 99.8 Å². The number of aldehydes is 1. The molecule has 0 heterocycles. The normalized spacial score (nSPS) is 12.6. The summed E-state index contributed by atoms with van der Waals surface area (Å²) in [6.45, 7) is 6.38. The molecule has 1 radical (unpaired) electrons. The monoisotopic (exact) mass is 1300 g/mol. The number of rotatable bonds is 48. The summed E-state index contributed by atoms with van der Waals surface area (Å²) in [6.07, 6.45) is 10.1. The van der Waals surface area contributed by atoms with Gasteiger partial charge in [-0.3, -0.25) is 38.9 Å². The number of unbranched alkanes of at least 4 members (excludes halogenated alkanes) is 1. The number of carbonyl (C=O) groups excluding carboxylic acids is 7. The van der Waals surface area contributed by atoms with Gasteiger partial charge in [0.15, 0.2) is 0 Å². The van der Waals surface area contributed by atoms with E-state index < -0.39 is 41.4 Å². The van der Waals surface area contributed by atoms with Crippen molar-refractivity contribution < 1.29 is 108 Å². The fraction of sp³-hybridized carbons (Fsp3) is 0.603. The van der Waals surface area contributed by atoms with Crippen molar-refractivity contribution in [2.75, 3.05) is 165 Å². The summed E-state index contributed by atoms with van der Waals surface area (Å²) >= 11 is 0. The summed E-state index contributed by atoms with van der Waals surface area (Å²) in [5.74, 6) is 4.44. The zero-order valence-electron chi connectivity index (χ0n) is 51.0. The first-order valence-electron chi connectivity index (χ1n) is 29.1. The predicted molar refractivity (Wildman–Crippen MR) is 321 cm³/mol. The minimum atomic E-state index is -1.01. The average molecular weight is 1300 g/mol. The van der Waals surface area contributed by atoms with Gasteiger partial charge in [-0.1, -0.05) is 44.2 Å². The van der Waals surface area contributed by atoms with Crippen molar-refractivity contribution >= 4 is 53.4 Å². The Labute approximate surface area is 530 Å². The summed E-state index contributed by atoms with van der Waals surface area (Å²) < 4.78 is 59.4. The van der Waals surface area contributed by atoms with Crippen molar-refractivity contribution in [2.45, 2.75) is 64.0 Å². The molecule has 2 aromatic rings. The first-order chi connectivity index (χ1) is 42.6. The topological polar surface area (TPSA) is 395 Å². The number of nitrogens with zero attached hydrogens (tertiary/aromatic N) is 3. The van der Waals surface area contributed by atoms with Gasteiger partial charge < -0.3 is 94.7 Å². The molecule has 1 atom stereocenters. The molecule has 501 valence electrons. The Bertz CT molecular complexity index is 2340. The van der Waals surface area contributed by atoms with Gasteiger partial charge in [-0.2, -0.15) is 6.54 Å². The summed E-state index contributed by atoms with van der Waals surface area (Å²) in [7, 11) is 3.24. The Morgan fingerprint density at radius 3 is 1.75 bits per heavy atom. The van der Waals surface area contributed by atoms with Gasteiger partial charge in [0.2, 0.25) is 29.5 Å². The Morgan fingerprint density at radius 1 is 0.708 bits per heavy atom. The molecule has 89 heavy (non-hydrogen) atoms. The van der Waals surface area contributed by atoms with Crippen LogP contribution in [0.3, 0.4) is 0 Å². The smallest absolute Gasteiger partial charge is 0.514 e. The van der Waals surface area contributed by atoms with Gasteiger partial charge in [0, 0.05) is 79.4 Å². The Morgan fingerprint density at radius 2 is 1.24 bits per heavy atom. The predicted octanol–water partition coefficient (Wildman–Crippen LogP) is 2.72. The molecule has 0 saturated heterocycles. The van der Waals surface area contributed by atoms with Gasteiger partial charge in [-0.25, -0.2) is 10.6 Å². The molecule has 1 unspecified atom stereocenters. The summed E-state index contributed by atoms with van der Waals surface area (Å²) in [4.78, 5) is 94.2. The van der Waals surface area contributed by atoms with Gasteiger partial charge in [-0.05, 0) is 55.2 Å². The molecule has 3 rings (SSSR count). The largest absolute Gasteiger partial charge is 0.677 e. The number of hydrogen-bond donors (Lipinski definition) is 6. The first-order valence-corrected chi connectivity index (χ1v) is 29.1. The Kier molecular flexibility index (Phi) is 48.0. The molecule has 1 saturated carbocycles. The standard InChI is InChI=1S/C52H82N9O18.C6H9NO2.Mn/c53-17-5-4-8-47(51(65)58-44-11-9-41(10-12-44)38-78-52(66)79-46-15-13-45(14-16-46)61(67)68)59-49(63)40-77-39-48(62)56-18-20-69-22-24-71-26-28-73-30-32-75-34-35-76-33-31-74-29-27-72-25-23-70-21-19-60(55)37-43(54)36-57-50(64)42-6-2-1-3-7-42;1-7(2)6(9)4-3-5-8;/h9-16,37,42,47,53H,1-8,17-36,38-40,54-55H2,(H,56,62)(H,57,64)(H,58,65)(H,59,63);3-5H,1-2H3;/q-1;;/b43-37-;4-3-;. The van der Waals surface area contributed by atoms with E-state index in [1.54, 1.807) is 44.6 Å². The van der Waals surface area contributed by atoms with E-state index >= 15 is 0 Å². The molecular formula is C58H91MnN10O20-. The molecule has 9 N–H and O–H groups in total. The third-order valence-corrected chi connectivity index (χ3v) is 12.1. The third-order valence-electron chi connectivity index (χ3n) is 12.1. The number of hydrazine groups is 1. The number of hydrogen-bond acceptors (Lipinski definition) is 23. The van der Waals surface area contributed by atoms with Crippen LogP contribution in [0, 0.1) is 16.0 Å². The number of benzene rings is 2. The minimum Gasteiger partial charge on any atom is -0.677 e. The van der Waals surface area contributed by atoms with Crippen LogP contribution in [0.25, 0.3) is 5.73 Å². The minimum absolute atomic E-state index is 0. The number of ether oxygens (including phenoxy) is 11. The summed E-state index contributed by atoms with van der Waals surface area (Å²) in [6, 6.07) is 10.4. The van der Waals surface area contributed by atoms with E-state index in [1.807, 2.05) is 0 Å². The quantitative estimate of drug-likeness (QED) is 0.00638. The number of nitro benzene ring substituents is 1. The molecule has 30 nitrogen and oxygen atoms in total. The number of nitrogens with two attached hydrogens (primary N) is 2. The number of carbonyl (C=O) groups is 7. The summed E-state index contributed by atoms with van der Waals surface area (Å²) in [5.41, 5.74) is 14.7. The van der Waals surface area contributed by atoms with Crippen LogP contribution in [0.1, 0.15) is 56.9 Å². The molecule has 0 aromatic heterocycles. The number of nitro groups is 1. The van der Waals surface area contributed by atoms with Crippen molar-refractivity contribution in [3.05, 3.63) is 94.0 Å². The number of likely N-dealkylation sites (N-methyl/N-ethyl adjacent to an activating group) is 1. The first kappa shape index (κ1) is 80.3. The molecule has 0 bridgehead atoms. The maximum atomic E-state index is 13.1. The number of non-ortho nitro benzene ring substituents is 1. The van der Waals surface area contributed by atoms with Crippen LogP contribution in [0.4, 0.5) is 16.2 Å². The van der Waals surface area contributed by atoms with Crippen molar-refractivity contribution in [2.24, 2.45) is 17.5 Å². The van der Waals surface area contributed by atoms with Gasteiger partial charge in [0.25, 0.3) is 5.69 Å². The van der Waals surface area contributed by atoms with Crippen molar-refractivity contribution in [3.8, 4) is 5.75 Å². The SMILES string of the molecule is CN(C)C(=O)/C=C\C=O.[Mn].[NH-]CCCCC(NC(=O)COCC(=O)NCCOCCOCCOCCOCCOCCOCCOCCOCCN(N)/C=C(\N)CNC(=O)C1CCCCC1)C(=O)Nc1ccc(COC(=O)Oc2ccc([N+](=O)[O-])cc2)cc1. The average Bonchev–Trinajstić information content (AvgIpc) is 3.59. The Hall–Kier alpha value is -6.71. The van der Waals surface area contributed by atoms with E-state index in [-0.39, 0.29) is 92.1 Å². The molecule has 2 aromatic carbocycles. The number of nitrogens with one attached hydrogen (secondary N) is 5. The van der Waals surface area contributed by atoms with Crippen LogP contribution in [-0.4, -0.2) is 222 Å². The maximum absolute atomic E-state index is 13.1. The van der Waals surface area contributed by atoms with E-state index in [0.717, 1.165) is 25.7 Å². The molecule has 1 aliphatic carbocycles. The zero-order chi connectivity index (χ0) is 64.2. The van der Waals surface area contributed by atoms with Gasteiger partial charge in [0.1, 0.15) is 37.9 Å². The second-order valence-electron chi connectivity index (χ2n) is 19.4. The van der Waals surface area contributed by atoms with Gasteiger partial charge in [-0.15, -0.1) is 0 Å². The maximum Gasteiger partial charge on any atom is 0.514 e. The van der Waals surface area contributed by atoms with Gasteiger partial charge in [0.05, 0.1) is 124 Å². The third kappa shape index (κ3) is 43.6. The van der Waals surface area contributed by atoms with E-state index in [4.69, 9.17) is 69.4 Å². The molecule has 5 amide bonds. The molecular weight excluding hydrogens is 1210 g/mol. The van der Waals surface area contributed by atoms with Gasteiger partial charge >= 0.3 is 6.16 Å². The van der Waals surface area contributed by atoms with Crippen LogP contribution in [0.15, 0.2) is 72.6 Å². The van der Waals surface area contributed by atoms with Crippen molar-refractivity contribution in [1.29, 1.82) is 0 Å². The Balaban J connectivity index is 0.00000365. The second kappa shape index (κ2) is 53.2. The van der Waals surface area contributed by atoms with Crippen molar-refractivity contribution in [3.63, 3.8) is 0 Å². The number of amides is 5. The zero-order valence-corrected chi connectivity index (χ0v) is 52.2. The molecule has 0 spiro atoms. The van der Waals surface area contributed by atoms with E-state index in [0.29, 0.717) is 142 Å². The van der Waals surface area contributed by atoms with E-state index in [9.17, 15) is 43.7 Å². The second-order valence-corrected chi connectivity index (χ2v) is 19.4. The van der Waals surface area contributed by atoms with Crippen LogP contribution < -0.4 is 37.6 Å².